The highest BCUT2D eigenvalue weighted by atomic mass is 15.4. The first-order valence-electron chi connectivity index (χ1n) is 12.4. The Balaban J connectivity index is 1.47. The number of nitrogens with one attached hydrogen (secondary N) is 1. The topological polar surface area (TPSA) is 37.4 Å². The average molecular weight is 429 g/mol. The predicted molar refractivity (Wildman–Crippen MR) is 132 cm³/mol. The quantitative estimate of drug-likeness (QED) is 0.392. The molecule has 174 valence electrons. The molecule has 0 amide bonds. The van der Waals surface area contributed by atoms with Gasteiger partial charge in [-0.1, -0.05) is 37.3 Å². The normalized spacial score (nSPS) is 21.1. The third kappa shape index (κ3) is 7.48. The van der Waals surface area contributed by atoms with E-state index in [4.69, 9.17) is 4.99 Å². The van der Waals surface area contributed by atoms with Gasteiger partial charge in [0.2, 0.25) is 0 Å². The van der Waals surface area contributed by atoms with E-state index in [1.807, 2.05) is 0 Å². The second kappa shape index (κ2) is 13.0. The summed E-state index contributed by atoms with van der Waals surface area (Å²) in [7, 11) is 2.23. The van der Waals surface area contributed by atoms with Crippen LogP contribution in [0.25, 0.3) is 0 Å². The number of piperazine rings is 1. The molecule has 0 saturated carbocycles. The van der Waals surface area contributed by atoms with Gasteiger partial charge in [-0.15, -0.1) is 0 Å². The minimum Gasteiger partial charge on any atom is -0.357 e. The van der Waals surface area contributed by atoms with Crippen molar-refractivity contribution in [2.75, 3.05) is 79.0 Å². The van der Waals surface area contributed by atoms with Gasteiger partial charge in [0, 0.05) is 58.4 Å². The van der Waals surface area contributed by atoms with E-state index < -0.39 is 0 Å². The summed E-state index contributed by atoms with van der Waals surface area (Å²) in [5.74, 6) is 1.10. The molecule has 2 heterocycles. The SMILES string of the molecule is CCNC(=NCCCN1CCCN(C)CC1)N1CCN(C(CC)c2ccccc2)CC1. The van der Waals surface area contributed by atoms with Gasteiger partial charge >= 0.3 is 0 Å². The number of aliphatic imine (C=N–C) groups is 1. The highest BCUT2D eigenvalue weighted by Gasteiger charge is 2.25. The number of nitrogens with zero attached hydrogens (tertiary/aromatic N) is 5. The third-order valence-electron chi connectivity index (χ3n) is 6.67. The molecule has 0 spiro atoms. The Bertz CT molecular complexity index is 641. The molecule has 1 atom stereocenters. The molecule has 2 aliphatic heterocycles. The summed E-state index contributed by atoms with van der Waals surface area (Å²) in [6, 6.07) is 11.5. The number of likely N-dealkylation sites (N-methyl/N-ethyl adjacent to an activating group) is 1. The maximum Gasteiger partial charge on any atom is 0.194 e. The Kier molecular flexibility index (Phi) is 10.1. The zero-order chi connectivity index (χ0) is 21.9. The van der Waals surface area contributed by atoms with Crippen molar-refractivity contribution in [1.29, 1.82) is 0 Å². The van der Waals surface area contributed by atoms with E-state index in [9.17, 15) is 0 Å². The van der Waals surface area contributed by atoms with E-state index in [-0.39, 0.29) is 0 Å². The molecule has 1 aromatic rings. The van der Waals surface area contributed by atoms with Gasteiger partial charge in [-0.2, -0.15) is 0 Å². The Morgan fingerprint density at radius 3 is 2.45 bits per heavy atom. The van der Waals surface area contributed by atoms with Gasteiger partial charge in [0.05, 0.1) is 0 Å². The summed E-state index contributed by atoms with van der Waals surface area (Å²) in [5.41, 5.74) is 1.44. The first-order chi connectivity index (χ1) is 15.2. The van der Waals surface area contributed by atoms with Crippen molar-refractivity contribution in [1.82, 2.24) is 24.9 Å². The maximum atomic E-state index is 4.98. The molecule has 0 aliphatic carbocycles. The van der Waals surface area contributed by atoms with E-state index in [0.29, 0.717) is 6.04 Å². The highest BCUT2D eigenvalue weighted by Crippen LogP contribution is 2.25. The molecule has 0 radical (unpaired) electrons. The molecule has 1 unspecified atom stereocenters. The number of hydrogen-bond acceptors (Lipinski definition) is 4. The van der Waals surface area contributed by atoms with Crippen LogP contribution in [0, 0.1) is 0 Å². The van der Waals surface area contributed by atoms with Crippen molar-refractivity contribution in [3.63, 3.8) is 0 Å². The maximum absolute atomic E-state index is 4.98. The molecule has 6 nitrogen and oxygen atoms in total. The van der Waals surface area contributed by atoms with Gasteiger partial charge < -0.3 is 20.0 Å². The van der Waals surface area contributed by atoms with Gasteiger partial charge in [-0.3, -0.25) is 9.89 Å². The van der Waals surface area contributed by atoms with Crippen LogP contribution in [-0.2, 0) is 0 Å². The molecule has 31 heavy (non-hydrogen) atoms. The fourth-order valence-electron chi connectivity index (χ4n) is 4.85. The number of benzene rings is 1. The lowest BCUT2D eigenvalue weighted by Gasteiger charge is -2.40. The van der Waals surface area contributed by atoms with Crippen LogP contribution in [0.4, 0.5) is 0 Å². The standard InChI is InChI=1S/C25H44N6/c1-4-24(23-11-7-6-8-12-23)30-19-21-31(22-20-30)25(26-5-2)27-13-9-15-29-16-10-14-28(3)17-18-29/h6-8,11-12,24H,4-5,9-10,13-22H2,1-3H3,(H,26,27). The van der Waals surface area contributed by atoms with Crippen LogP contribution in [0.1, 0.15) is 44.7 Å². The first kappa shape index (κ1) is 24.0. The molecule has 3 rings (SSSR count). The Hall–Kier alpha value is -1.63. The zero-order valence-corrected chi connectivity index (χ0v) is 20.1. The van der Waals surface area contributed by atoms with Crippen molar-refractivity contribution in [3.8, 4) is 0 Å². The molecule has 2 fully saturated rings. The average Bonchev–Trinajstić information content (AvgIpc) is 3.02. The van der Waals surface area contributed by atoms with Crippen molar-refractivity contribution in [2.24, 2.45) is 4.99 Å². The van der Waals surface area contributed by atoms with Gasteiger partial charge in [0.15, 0.2) is 5.96 Å². The minimum absolute atomic E-state index is 0.524. The fourth-order valence-corrected chi connectivity index (χ4v) is 4.85. The summed E-state index contributed by atoms with van der Waals surface area (Å²) < 4.78 is 0. The lowest BCUT2D eigenvalue weighted by Crippen LogP contribution is -2.53. The Morgan fingerprint density at radius 2 is 1.74 bits per heavy atom. The van der Waals surface area contributed by atoms with Gasteiger partial charge in [0.25, 0.3) is 0 Å². The molecule has 1 aromatic carbocycles. The minimum atomic E-state index is 0.524. The summed E-state index contributed by atoms with van der Waals surface area (Å²) in [6.07, 6.45) is 3.59. The van der Waals surface area contributed by atoms with E-state index >= 15 is 0 Å². The smallest absolute Gasteiger partial charge is 0.194 e. The Labute approximate surface area is 190 Å². The lowest BCUT2D eigenvalue weighted by atomic mass is 10.0. The van der Waals surface area contributed by atoms with Crippen molar-refractivity contribution >= 4 is 5.96 Å². The van der Waals surface area contributed by atoms with Gasteiger partial charge in [-0.25, -0.2) is 0 Å². The lowest BCUT2D eigenvalue weighted by molar-refractivity contribution is 0.127. The van der Waals surface area contributed by atoms with Crippen molar-refractivity contribution in [3.05, 3.63) is 35.9 Å². The van der Waals surface area contributed by atoms with Crippen LogP contribution >= 0.6 is 0 Å². The van der Waals surface area contributed by atoms with Gasteiger partial charge in [-0.05, 0) is 58.4 Å². The Morgan fingerprint density at radius 1 is 0.968 bits per heavy atom. The van der Waals surface area contributed by atoms with Crippen LogP contribution in [-0.4, -0.2) is 105 Å². The van der Waals surface area contributed by atoms with Crippen LogP contribution in [0.15, 0.2) is 35.3 Å². The number of hydrogen-bond donors (Lipinski definition) is 1. The van der Waals surface area contributed by atoms with E-state index in [1.54, 1.807) is 0 Å². The van der Waals surface area contributed by atoms with Crippen LogP contribution < -0.4 is 5.32 Å². The van der Waals surface area contributed by atoms with E-state index in [1.165, 1.54) is 44.7 Å². The molecular weight excluding hydrogens is 384 g/mol. The van der Waals surface area contributed by atoms with Crippen LogP contribution in [0.2, 0.25) is 0 Å². The number of rotatable bonds is 8. The van der Waals surface area contributed by atoms with Crippen LogP contribution in [0.3, 0.4) is 0 Å². The largest absolute Gasteiger partial charge is 0.357 e. The van der Waals surface area contributed by atoms with Crippen molar-refractivity contribution < 1.29 is 0 Å². The summed E-state index contributed by atoms with van der Waals surface area (Å²) >= 11 is 0. The molecule has 2 aliphatic rings. The molecule has 0 aromatic heterocycles. The van der Waals surface area contributed by atoms with Gasteiger partial charge in [0.1, 0.15) is 0 Å². The second-order valence-electron chi connectivity index (χ2n) is 8.95. The second-order valence-corrected chi connectivity index (χ2v) is 8.95. The van der Waals surface area contributed by atoms with E-state index in [2.05, 4.69) is 76.1 Å². The van der Waals surface area contributed by atoms with E-state index in [0.717, 1.165) is 58.1 Å². The highest BCUT2D eigenvalue weighted by molar-refractivity contribution is 5.80. The summed E-state index contributed by atoms with van der Waals surface area (Å²) in [6.45, 7) is 16.6. The van der Waals surface area contributed by atoms with Crippen molar-refractivity contribution in [2.45, 2.75) is 39.2 Å². The molecule has 0 bridgehead atoms. The molecular formula is C25H44N6. The zero-order valence-electron chi connectivity index (χ0n) is 20.1. The van der Waals surface area contributed by atoms with Crippen LogP contribution in [0.5, 0.6) is 0 Å². The molecule has 2 saturated heterocycles. The summed E-state index contributed by atoms with van der Waals surface area (Å²) in [4.78, 5) is 15.1. The monoisotopic (exact) mass is 428 g/mol. The molecule has 1 N–H and O–H groups in total. The third-order valence-corrected chi connectivity index (χ3v) is 6.67. The number of guanidine groups is 1. The first-order valence-corrected chi connectivity index (χ1v) is 12.4. The summed E-state index contributed by atoms with van der Waals surface area (Å²) in [5, 5.41) is 3.53. The predicted octanol–water partition coefficient (Wildman–Crippen LogP) is 2.75. The fraction of sp³-hybridized carbons (Fsp3) is 0.720. The molecule has 6 heteroatoms.